The average molecular weight is 490 g/mol. The minimum absolute atomic E-state index is 0.326. The van der Waals surface area contributed by atoms with Crippen LogP contribution in [-0.4, -0.2) is 38.2 Å². The Morgan fingerprint density at radius 1 is 1.11 bits per heavy atom. The Kier molecular flexibility index (Phi) is 9.89. The molecule has 0 amide bonds. The lowest BCUT2D eigenvalue weighted by Crippen LogP contribution is -2.31. The van der Waals surface area contributed by atoms with E-state index < -0.39 is 0 Å². The summed E-state index contributed by atoms with van der Waals surface area (Å²) in [6.07, 6.45) is 0. The number of hydrogen-bond donors (Lipinski definition) is 1. The quantitative estimate of drug-likeness (QED) is 0.406. The second-order valence-corrected chi connectivity index (χ2v) is 8.04. The van der Waals surface area contributed by atoms with E-state index in [2.05, 4.69) is 40.0 Å². The monoisotopic (exact) mass is 488 g/mol. The van der Waals surface area contributed by atoms with Gasteiger partial charge in [-0.05, 0) is 58.8 Å². The first kappa shape index (κ1) is 23.3. The van der Waals surface area contributed by atoms with Crippen LogP contribution in [0, 0.1) is 0 Å². The highest BCUT2D eigenvalue weighted by molar-refractivity contribution is 9.10. The minimum Gasteiger partial charge on any atom is -0.493 e. The van der Waals surface area contributed by atoms with E-state index in [0.29, 0.717) is 28.2 Å². The van der Waals surface area contributed by atoms with Gasteiger partial charge in [0.05, 0.1) is 11.6 Å². The molecule has 0 radical (unpaired) electrons. The molecule has 0 saturated heterocycles. The van der Waals surface area contributed by atoms with E-state index in [4.69, 9.17) is 32.7 Å². The molecule has 0 atom stereocenters. The number of likely N-dealkylation sites (N-methyl/N-ethyl adjacent to an activating group) is 1. The van der Waals surface area contributed by atoms with Gasteiger partial charge in [0, 0.05) is 35.2 Å². The summed E-state index contributed by atoms with van der Waals surface area (Å²) in [5, 5.41) is 4.66. The van der Waals surface area contributed by atoms with Gasteiger partial charge in [0.2, 0.25) is 0 Å². The van der Waals surface area contributed by atoms with Crippen LogP contribution in [0.1, 0.15) is 25.0 Å². The van der Waals surface area contributed by atoms with Crippen LogP contribution in [0.25, 0.3) is 0 Å². The SMILES string of the molecule is CCN(CC)CCNCc1cc(Br)c(OCc2ccc(Cl)cc2Cl)c(OC)c1. The lowest BCUT2D eigenvalue weighted by molar-refractivity contribution is 0.282. The number of rotatable bonds is 11. The fraction of sp³-hybridized carbons (Fsp3) is 0.429. The number of halogens is 3. The molecule has 0 bridgehead atoms. The summed E-state index contributed by atoms with van der Waals surface area (Å²) in [6.45, 7) is 9.57. The van der Waals surface area contributed by atoms with Crippen molar-refractivity contribution in [3.8, 4) is 11.5 Å². The number of ether oxygens (including phenoxy) is 2. The number of nitrogens with one attached hydrogen (secondary N) is 1. The molecule has 2 aromatic rings. The predicted molar refractivity (Wildman–Crippen MR) is 121 cm³/mol. The summed E-state index contributed by atoms with van der Waals surface area (Å²) < 4.78 is 12.4. The van der Waals surface area contributed by atoms with Crippen molar-refractivity contribution < 1.29 is 9.47 Å². The third-order valence-electron chi connectivity index (χ3n) is 4.50. The van der Waals surface area contributed by atoms with Gasteiger partial charge >= 0.3 is 0 Å². The smallest absolute Gasteiger partial charge is 0.175 e. The molecule has 0 unspecified atom stereocenters. The number of hydrogen-bond acceptors (Lipinski definition) is 4. The Labute approximate surface area is 186 Å². The molecule has 0 aliphatic heterocycles. The Hall–Kier alpha value is -0.980. The molecule has 2 rings (SSSR count). The molecule has 7 heteroatoms. The summed E-state index contributed by atoms with van der Waals surface area (Å²) in [6, 6.07) is 9.41. The molecule has 2 aromatic carbocycles. The summed E-state index contributed by atoms with van der Waals surface area (Å²) >= 11 is 15.8. The van der Waals surface area contributed by atoms with E-state index in [1.54, 1.807) is 19.2 Å². The van der Waals surface area contributed by atoms with E-state index in [-0.39, 0.29) is 0 Å². The van der Waals surface area contributed by atoms with Gasteiger partial charge in [0.1, 0.15) is 6.61 Å². The van der Waals surface area contributed by atoms with Crippen molar-refractivity contribution in [3.63, 3.8) is 0 Å². The number of benzene rings is 2. The van der Waals surface area contributed by atoms with Crippen LogP contribution in [0.4, 0.5) is 0 Å². The Balaban J connectivity index is 2.00. The number of nitrogens with zero attached hydrogens (tertiary/aromatic N) is 1. The maximum absolute atomic E-state index is 6.23. The van der Waals surface area contributed by atoms with Crippen molar-refractivity contribution in [2.24, 2.45) is 0 Å². The van der Waals surface area contributed by atoms with Crippen LogP contribution in [0.5, 0.6) is 11.5 Å². The van der Waals surface area contributed by atoms with Crippen LogP contribution in [0.2, 0.25) is 10.0 Å². The van der Waals surface area contributed by atoms with E-state index in [0.717, 1.165) is 48.3 Å². The van der Waals surface area contributed by atoms with Crippen LogP contribution >= 0.6 is 39.1 Å². The third kappa shape index (κ3) is 6.82. The standard InChI is InChI=1S/C21H27BrCl2N2O2/c1-4-26(5-2)9-8-25-13-15-10-18(22)21(20(11-15)27-3)28-14-16-6-7-17(23)12-19(16)24/h6-7,10-12,25H,4-5,8-9,13-14H2,1-3H3. The Bertz CT molecular complexity index is 770. The molecule has 28 heavy (non-hydrogen) atoms. The average Bonchev–Trinajstić information content (AvgIpc) is 2.68. The van der Waals surface area contributed by atoms with Gasteiger partial charge in [-0.2, -0.15) is 0 Å². The van der Waals surface area contributed by atoms with Gasteiger partial charge in [0.25, 0.3) is 0 Å². The van der Waals surface area contributed by atoms with E-state index >= 15 is 0 Å². The van der Waals surface area contributed by atoms with E-state index in [9.17, 15) is 0 Å². The highest BCUT2D eigenvalue weighted by atomic mass is 79.9. The fourth-order valence-electron chi connectivity index (χ4n) is 2.81. The Morgan fingerprint density at radius 3 is 2.50 bits per heavy atom. The molecule has 0 aromatic heterocycles. The van der Waals surface area contributed by atoms with Gasteiger partial charge in [-0.3, -0.25) is 0 Å². The summed E-state index contributed by atoms with van der Waals surface area (Å²) in [5.41, 5.74) is 1.99. The second-order valence-electron chi connectivity index (χ2n) is 6.34. The van der Waals surface area contributed by atoms with Crippen molar-refractivity contribution in [1.29, 1.82) is 0 Å². The third-order valence-corrected chi connectivity index (χ3v) is 5.68. The van der Waals surface area contributed by atoms with Gasteiger partial charge in [-0.15, -0.1) is 0 Å². The molecule has 0 aliphatic rings. The zero-order valence-corrected chi connectivity index (χ0v) is 19.6. The molecule has 0 aliphatic carbocycles. The molecule has 0 fully saturated rings. The highest BCUT2D eigenvalue weighted by Crippen LogP contribution is 2.37. The first-order chi connectivity index (χ1) is 13.5. The van der Waals surface area contributed by atoms with Crippen molar-refractivity contribution in [3.05, 3.63) is 56.0 Å². The van der Waals surface area contributed by atoms with Gasteiger partial charge in [0.15, 0.2) is 11.5 Å². The predicted octanol–water partition coefficient (Wildman–Crippen LogP) is 5.77. The summed E-state index contributed by atoms with van der Waals surface area (Å²) in [7, 11) is 1.64. The van der Waals surface area contributed by atoms with Crippen LogP contribution < -0.4 is 14.8 Å². The molecule has 154 valence electrons. The normalized spacial score (nSPS) is 11.1. The van der Waals surface area contributed by atoms with E-state index in [1.165, 1.54) is 0 Å². The maximum Gasteiger partial charge on any atom is 0.175 e. The molecular weight excluding hydrogens is 463 g/mol. The largest absolute Gasteiger partial charge is 0.493 e. The van der Waals surface area contributed by atoms with Gasteiger partial charge in [-0.1, -0.05) is 43.1 Å². The lowest BCUT2D eigenvalue weighted by atomic mass is 10.2. The molecule has 1 N–H and O–H groups in total. The summed E-state index contributed by atoms with van der Waals surface area (Å²) in [4.78, 5) is 2.39. The topological polar surface area (TPSA) is 33.7 Å². The lowest BCUT2D eigenvalue weighted by Gasteiger charge is -2.18. The molecule has 4 nitrogen and oxygen atoms in total. The zero-order chi connectivity index (χ0) is 20.5. The zero-order valence-electron chi connectivity index (χ0n) is 16.5. The first-order valence-corrected chi connectivity index (χ1v) is 10.9. The van der Waals surface area contributed by atoms with Crippen molar-refractivity contribution in [1.82, 2.24) is 10.2 Å². The maximum atomic E-state index is 6.23. The highest BCUT2D eigenvalue weighted by Gasteiger charge is 2.13. The molecular formula is C21H27BrCl2N2O2. The molecule has 0 saturated carbocycles. The van der Waals surface area contributed by atoms with Crippen LogP contribution in [-0.2, 0) is 13.2 Å². The molecule has 0 heterocycles. The fourth-order valence-corrected chi connectivity index (χ4v) is 3.88. The number of methoxy groups -OCH3 is 1. The Morgan fingerprint density at radius 2 is 1.86 bits per heavy atom. The molecule has 0 spiro atoms. The second kappa shape index (κ2) is 11.9. The van der Waals surface area contributed by atoms with Crippen molar-refractivity contribution >= 4 is 39.1 Å². The van der Waals surface area contributed by atoms with Gasteiger partial charge < -0.3 is 19.7 Å². The van der Waals surface area contributed by atoms with E-state index in [1.807, 2.05) is 18.2 Å². The van der Waals surface area contributed by atoms with Crippen molar-refractivity contribution in [2.45, 2.75) is 27.0 Å². The van der Waals surface area contributed by atoms with Crippen molar-refractivity contribution in [2.75, 3.05) is 33.3 Å². The van der Waals surface area contributed by atoms with Crippen LogP contribution in [0.3, 0.4) is 0 Å². The van der Waals surface area contributed by atoms with Gasteiger partial charge in [-0.25, -0.2) is 0 Å². The minimum atomic E-state index is 0.326. The van der Waals surface area contributed by atoms with Crippen LogP contribution in [0.15, 0.2) is 34.8 Å². The summed E-state index contributed by atoms with van der Waals surface area (Å²) in [5.74, 6) is 1.33. The first-order valence-electron chi connectivity index (χ1n) is 9.34.